The highest BCUT2D eigenvalue weighted by molar-refractivity contribution is 7.89. The van der Waals surface area contributed by atoms with E-state index in [1.165, 1.54) is 29.6 Å². The summed E-state index contributed by atoms with van der Waals surface area (Å²) in [6, 6.07) is 13.6. The summed E-state index contributed by atoms with van der Waals surface area (Å²) >= 11 is 0. The minimum Gasteiger partial charge on any atom is -0.495 e. The first-order chi connectivity index (χ1) is 15.3. The van der Waals surface area contributed by atoms with E-state index in [-0.39, 0.29) is 22.8 Å². The third kappa shape index (κ3) is 4.84. The van der Waals surface area contributed by atoms with Crippen molar-refractivity contribution < 1.29 is 27.1 Å². The van der Waals surface area contributed by atoms with Crippen LogP contribution in [0.2, 0.25) is 0 Å². The lowest BCUT2D eigenvalue weighted by atomic mass is 10.2. The van der Waals surface area contributed by atoms with E-state index in [0.29, 0.717) is 30.4 Å². The highest BCUT2D eigenvalue weighted by atomic mass is 32.2. The fraction of sp³-hybridized carbons (Fsp3) is 0.304. The molecule has 32 heavy (non-hydrogen) atoms. The summed E-state index contributed by atoms with van der Waals surface area (Å²) in [5, 5.41) is 0. The predicted octanol–water partition coefficient (Wildman–Crippen LogP) is 4.05. The van der Waals surface area contributed by atoms with Gasteiger partial charge in [-0.25, -0.2) is 18.2 Å². The second-order valence-corrected chi connectivity index (χ2v) is 8.83. The molecule has 3 rings (SSSR count). The molecule has 0 fully saturated rings. The number of aromatic nitrogens is 1. The maximum absolute atomic E-state index is 13.0. The van der Waals surface area contributed by atoms with Crippen LogP contribution in [0, 0.1) is 6.92 Å². The van der Waals surface area contributed by atoms with Gasteiger partial charge >= 0.3 is 5.97 Å². The standard InChI is InChI=1S/C23H26N2O6S/c1-5-25(6-2)32(27,28)21-14-18(12-13-20(21)29-4)23(26)30-15-19-16(3)31-22(24-19)17-10-8-7-9-11-17/h7-14H,5-6,15H2,1-4H3. The lowest BCUT2D eigenvalue weighted by Crippen LogP contribution is -2.31. The van der Waals surface area contributed by atoms with Crippen LogP contribution in [0.25, 0.3) is 11.5 Å². The Kier molecular flexibility index (Phi) is 7.32. The van der Waals surface area contributed by atoms with E-state index >= 15 is 0 Å². The van der Waals surface area contributed by atoms with Crippen LogP contribution in [0.4, 0.5) is 0 Å². The number of sulfonamides is 1. The summed E-state index contributed by atoms with van der Waals surface area (Å²) in [4.78, 5) is 17.0. The summed E-state index contributed by atoms with van der Waals surface area (Å²) in [5.41, 5.74) is 1.40. The molecule has 0 saturated heterocycles. The van der Waals surface area contributed by atoms with Gasteiger partial charge in [-0.3, -0.25) is 0 Å². The Balaban J connectivity index is 1.81. The second-order valence-electron chi connectivity index (χ2n) is 6.92. The molecule has 3 aromatic rings. The molecule has 170 valence electrons. The first-order valence-electron chi connectivity index (χ1n) is 10.2. The Bertz CT molecular complexity index is 1180. The normalized spacial score (nSPS) is 11.5. The van der Waals surface area contributed by atoms with Crippen molar-refractivity contribution in [1.29, 1.82) is 0 Å². The van der Waals surface area contributed by atoms with Gasteiger partial charge in [0.25, 0.3) is 0 Å². The number of methoxy groups -OCH3 is 1. The van der Waals surface area contributed by atoms with Gasteiger partial charge in [0.1, 0.15) is 28.7 Å². The van der Waals surface area contributed by atoms with E-state index in [2.05, 4.69) is 4.98 Å². The molecule has 0 N–H and O–H groups in total. The molecule has 0 amide bonds. The number of nitrogens with zero attached hydrogens (tertiary/aromatic N) is 2. The van der Waals surface area contributed by atoms with Gasteiger partial charge in [0.15, 0.2) is 0 Å². The quantitative estimate of drug-likeness (QED) is 0.446. The largest absolute Gasteiger partial charge is 0.495 e. The van der Waals surface area contributed by atoms with Crippen molar-refractivity contribution in [2.75, 3.05) is 20.2 Å². The molecule has 0 bridgehead atoms. The third-order valence-electron chi connectivity index (χ3n) is 4.98. The number of esters is 1. The molecule has 0 saturated carbocycles. The summed E-state index contributed by atoms with van der Waals surface area (Å²) in [5.74, 6) is 0.461. The number of ether oxygens (including phenoxy) is 2. The summed E-state index contributed by atoms with van der Waals surface area (Å²) in [6.07, 6.45) is 0. The van der Waals surface area contributed by atoms with Crippen LogP contribution in [-0.4, -0.2) is 43.9 Å². The van der Waals surface area contributed by atoms with Gasteiger partial charge in [-0.1, -0.05) is 32.0 Å². The molecule has 1 aromatic heterocycles. The first kappa shape index (κ1) is 23.5. The van der Waals surface area contributed by atoms with E-state index in [1.54, 1.807) is 20.8 Å². The molecule has 1 heterocycles. The van der Waals surface area contributed by atoms with E-state index in [0.717, 1.165) is 5.56 Å². The number of hydrogen-bond donors (Lipinski definition) is 0. The van der Waals surface area contributed by atoms with E-state index in [9.17, 15) is 13.2 Å². The summed E-state index contributed by atoms with van der Waals surface area (Å²) < 4.78 is 43.5. The smallest absolute Gasteiger partial charge is 0.338 e. The van der Waals surface area contributed by atoms with Crippen LogP contribution in [0.3, 0.4) is 0 Å². The van der Waals surface area contributed by atoms with Crippen molar-refractivity contribution in [1.82, 2.24) is 9.29 Å². The molecular formula is C23H26N2O6S. The Morgan fingerprint density at radius 3 is 2.41 bits per heavy atom. The zero-order valence-electron chi connectivity index (χ0n) is 18.5. The summed E-state index contributed by atoms with van der Waals surface area (Å²) in [6.45, 7) is 5.72. The number of carbonyl (C=O) groups excluding carboxylic acids is 1. The Morgan fingerprint density at radius 1 is 1.09 bits per heavy atom. The number of carbonyl (C=O) groups is 1. The van der Waals surface area contributed by atoms with Crippen LogP contribution in [0.5, 0.6) is 5.75 Å². The van der Waals surface area contributed by atoms with Crippen LogP contribution >= 0.6 is 0 Å². The summed E-state index contributed by atoms with van der Waals surface area (Å²) in [7, 11) is -2.45. The van der Waals surface area contributed by atoms with Crippen LogP contribution in [0.15, 0.2) is 57.8 Å². The third-order valence-corrected chi connectivity index (χ3v) is 7.05. The van der Waals surface area contributed by atoms with Gasteiger partial charge < -0.3 is 13.9 Å². The maximum Gasteiger partial charge on any atom is 0.338 e. The maximum atomic E-state index is 13.0. The highest BCUT2D eigenvalue weighted by Crippen LogP contribution is 2.28. The molecule has 0 unspecified atom stereocenters. The lowest BCUT2D eigenvalue weighted by molar-refractivity contribution is 0.0466. The second kappa shape index (κ2) is 9.97. The first-order valence-corrected chi connectivity index (χ1v) is 11.6. The number of benzene rings is 2. The average molecular weight is 459 g/mol. The molecule has 0 atom stereocenters. The highest BCUT2D eigenvalue weighted by Gasteiger charge is 2.27. The minimum absolute atomic E-state index is 0.0814. The van der Waals surface area contributed by atoms with Crippen molar-refractivity contribution >= 4 is 16.0 Å². The molecule has 2 aromatic carbocycles. The molecular weight excluding hydrogens is 432 g/mol. The number of rotatable bonds is 9. The van der Waals surface area contributed by atoms with Gasteiger partial charge in [0, 0.05) is 18.7 Å². The molecule has 0 spiro atoms. The zero-order chi connectivity index (χ0) is 23.3. The van der Waals surface area contributed by atoms with Crippen molar-refractivity contribution in [2.45, 2.75) is 32.3 Å². The number of aryl methyl sites for hydroxylation is 1. The van der Waals surface area contributed by atoms with Crippen molar-refractivity contribution in [3.63, 3.8) is 0 Å². The zero-order valence-corrected chi connectivity index (χ0v) is 19.3. The topological polar surface area (TPSA) is 98.9 Å². The van der Waals surface area contributed by atoms with Gasteiger partial charge in [0.2, 0.25) is 15.9 Å². The van der Waals surface area contributed by atoms with Crippen molar-refractivity contribution in [3.8, 4) is 17.2 Å². The molecule has 0 radical (unpaired) electrons. The minimum atomic E-state index is -3.83. The van der Waals surface area contributed by atoms with Gasteiger partial charge in [0.05, 0.1) is 12.7 Å². The SMILES string of the molecule is CCN(CC)S(=O)(=O)c1cc(C(=O)OCc2nc(-c3ccccc3)oc2C)ccc1OC. The lowest BCUT2D eigenvalue weighted by Gasteiger charge is -2.20. The number of hydrogen-bond acceptors (Lipinski definition) is 7. The van der Waals surface area contributed by atoms with Crippen LogP contribution < -0.4 is 4.74 Å². The Morgan fingerprint density at radius 2 is 1.78 bits per heavy atom. The Hall–Kier alpha value is -3.17. The fourth-order valence-electron chi connectivity index (χ4n) is 3.19. The average Bonchev–Trinajstić information content (AvgIpc) is 3.18. The molecule has 0 aliphatic heterocycles. The number of oxazole rings is 1. The van der Waals surface area contributed by atoms with Crippen LogP contribution in [0.1, 0.15) is 35.7 Å². The Labute approximate surface area is 187 Å². The van der Waals surface area contributed by atoms with Gasteiger partial charge in [-0.2, -0.15) is 4.31 Å². The van der Waals surface area contributed by atoms with E-state index in [4.69, 9.17) is 13.9 Å². The predicted molar refractivity (Wildman–Crippen MR) is 119 cm³/mol. The van der Waals surface area contributed by atoms with Crippen LogP contribution in [-0.2, 0) is 21.4 Å². The molecule has 0 aliphatic rings. The molecule has 8 nitrogen and oxygen atoms in total. The molecule has 9 heteroatoms. The molecule has 0 aliphatic carbocycles. The van der Waals surface area contributed by atoms with E-state index < -0.39 is 16.0 Å². The van der Waals surface area contributed by atoms with Crippen molar-refractivity contribution in [3.05, 3.63) is 65.5 Å². The van der Waals surface area contributed by atoms with Crippen molar-refractivity contribution in [2.24, 2.45) is 0 Å². The van der Waals surface area contributed by atoms with Gasteiger partial charge in [-0.05, 0) is 37.3 Å². The van der Waals surface area contributed by atoms with E-state index in [1.807, 2.05) is 30.3 Å². The fourth-order valence-corrected chi connectivity index (χ4v) is 4.83. The van der Waals surface area contributed by atoms with Gasteiger partial charge in [-0.15, -0.1) is 0 Å². The monoisotopic (exact) mass is 458 g/mol.